The fraction of sp³-hybridized carbons (Fsp3) is 0.579. The molecule has 1 amide bonds. The summed E-state index contributed by atoms with van der Waals surface area (Å²) in [5.41, 5.74) is 0.797. The van der Waals surface area contributed by atoms with E-state index in [-0.39, 0.29) is 17.6 Å². The van der Waals surface area contributed by atoms with E-state index in [0.29, 0.717) is 12.3 Å². The van der Waals surface area contributed by atoms with Crippen molar-refractivity contribution in [3.05, 3.63) is 35.9 Å². The third-order valence-electron chi connectivity index (χ3n) is 5.21. The minimum Gasteiger partial charge on any atom is -0.343 e. The first-order valence-corrected chi connectivity index (χ1v) is 8.82. The number of piperidine rings is 1. The lowest BCUT2D eigenvalue weighted by atomic mass is 9.88. The zero-order chi connectivity index (χ0) is 16.1. The van der Waals surface area contributed by atoms with Gasteiger partial charge in [-0.3, -0.25) is 9.59 Å². The molecule has 1 aromatic carbocycles. The molecule has 4 heteroatoms. The number of Topliss-reactive ketones (excluding diaryl/α,β-unsaturated/α-hetero) is 1. The molecule has 0 radical (unpaired) electrons. The number of carbonyl (C=O) groups is 2. The van der Waals surface area contributed by atoms with Crippen LogP contribution < -0.4 is 5.32 Å². The third kappa shape index (κ3) is 4.20. The molecule has 2 heterocycles. The van der Waals surface area contributed by atoms with Gasteiger partial charge in [-0.15, -0.1) is 0 Å². The Hall–Kier alpha value is -1.68. The summed E-state index contributed by atoms with van der Waals surface area (Å²) in [6.45, 7) is 3.60. The number of nitrogens with one attached hydrogen (secondary N) is 1. The van der Waals surface area contributed by atoms with Crippen LogP contribution >= 0.6 is 0 Å². The van der Waals surface area contributed by atoms with Crippen molar-refractivity contribution in [3.8, 4) is 0 Å². The van der Waals surface area contributed by atoms with Crippen LogP contribution in [0.2, 0.25) is 0 Å². The van der Waals surface area contributed by atoms with Crippen LogP contribution in [0, 0.1) is 11.8 Å². The maximum Gasteiger partial charge on any atom is 0.222 e. The van der Waals surface area contributed by atoms with Crippen LogP contribution in [0.25, 0.3) is 0 Å². The van der Waals surface area contributed by atoms with Gasteiger partial charge >= 0.3 is 0 Å². The molecular weight excluding hydrogens is 288 g/mol. The largest absolute Gasteiger partial charge is 0.343 e. The molecule has 3 rings (SSSR count). The van der Waals surface area contributed by atoms with Gasteiger partial charge in [-0.05, 0) is 44.7 Å². The molecule has 2 aliphatic heterocycles. The fourth-order valence-corrected chi connectivity index (χ4v) is 3.68. The first-order valence-electron chi connectivity index (χ1n) is 8.82. The lowest BCUT2D eigenvalue weighted by molar-refractivity contribution is -0.132. The second kappa shape index (κ2) is 7.73. The Kier molecular flexibility index (Phi) is 5.44. The summed E-state index contributed by atoms with van der Waals surface area (Å²) in [6, 6.07) is 9.51. The molecule has 0 bridgehead atoms. The summed E-state index contributed by atoms with van der Waals surface area (Å²) < 4.78 is 0. The number of rotatable bonds is 5. The molecule has 0 spiro atoms. The Morgan fingerprint density at radius 2 is 1.83 bits per heavy atom. The number of hydrogen-bond donors (Lipinski definition) is 1. The predicted molar refractivity (Wildman–Crippen MR) is 90.3 cm³/mol. The highest BCUT2D eigenvalue weighted by atomic mass is 16.2. The molecule has 1 atom stereocenters. The topological polar surface area (TPSA) is 49.4 Å². The van der Waals surface area contributed by atoms with Gasteiger partial charge in [0.1, 0.15) is 0 Å². The minimum atomic E-state index is 0.0699. The summed E-state index contributed by atoms with van der Waals surface area (Å²) in [7, 11) is 0. The minimum absolute atomic E-state index is 0.0699. The van der Waals surface area contributed by atoms with Crippen LogP contribution in [0.4, 0.5) is 0 Å². The molecular formula is C19H26N2O2. The fourth-order valence-electron chi connectivity index (χ4n) is 3.68. The standard InChI is InChI=1S/C19H26N2O2/c22-18(7-6-15-8-11-20-14-15)21-12-9-17(10-13-21)19(23)16-4-2-1-3-5-16/h1-5,15,17,20H,6-14H2. The van der Waals surface area contributed by atoms with Gasteiger partial charge in [0.2, 0.25) is 5.91 Å². The smallest absolute Gasteiger partial charge is 0.222 e. The highest BCUT2D eigenvalue weighted by molar-refractivity contribution is 5.98. The van der Waals surface area contributed by atoms with Crippen LogP contribution in [-0.2, 0) is 4.79 Å². The van der Waals surface area contributed by atoms with Gasteiger partial charge in [-0.2, -0.15) is 0 Å². The zero-order valence-electron chi connectivity index (χ0n) is 13.7. The SMILES string of the molecule is O=C(c1ccccc1)C1CCN(C(=O)CCC2CCNC2)CC1. The normalized spacial score (nSPS) is 22.3. The van der Waals surface area contributed by atoms with Crippen molar-refractivity contribution < 1.29 is 9.59 Å². The zero-order valence-corrected chi connectivity index (χ0v) is 13.7. The maximum absolute atomic E-state index is 12.5. The molecule has 1 unspecified atom stereocenters. The second-order valence-electron chi connectivity index (χ2n) is 6.78. The van der Waals surface area contributed by atoms with Crippen molar-refractivity contribution in [2.24, 2.45) is 11.8 Å². The molecule has 23 heavy (non-hydrogen) atoms. The molecule has 2 fully saturated rings. The Morgan fingerprint density at radius 1 is 1.09 bits per heavy atom. The van der Waals surface area contributed by atoms with E-state index in [1.165, 1.54) is 6.42 Å². The average Bonchev–Trinajstić information content (AvgIpc) is 3.13. The lowest BCUT2D eigenvalue weighted by Gasteiger charge is -2.31. The van der Waals surface area contributed by atoms with Gasteiger partial charge in [0.25, 0.3) is 0 Å². The first-order chi connectivity index (χ1) is 11.2. The van der Waals surface area contributed by atoms with Crippen molar-refractivity contribution in [1.29, 1.82) is 0 Å². The van der Waals surface area contributed by atoms with Crippen molar-refractivity contribution in [2.75, 3.05) is 26.2 Å². The van der Waals surface area contributed by atoms with Gasteiger partial charge in [-0.25, -0.2) is 0 Å². The summed E-state index contributed by atoms with van der Waals surface area (Å²) in [5, 5.41) is 3.35. The lowest BCUT2D eigenvalue weighted by Crippen LogP contribution is -2.40. The van der Waals surface area contributed by atoms with Crippen LogP contribution in [0.15, 0.2) is 30.3 Å². The summed E-state index contributed by atoms with van der Waals surface area (Å²) in [4.78, 5) is 26.7. The Balaban J connectivity index is 1.44. The van der Waals surface area contributed by atoms with E-state index in [2.05, 4.69) is 5.32 Å². The number of ketones is 1. The van der Waals surface area contributed by atoms with Crippen molar-refractivity contribution in [2.45, 2.75) is 32.1 Å². The second-order valence-corrected chi connectivity index (χ2v) is 6.78. The molecule has 1 N–H and O–H groups in total. The van der Waals surface area contributed by atoms with Crippen LogP contribution in [0.1, 0.15) is 42.5 Å². The number of nitrogens with zero attached hydrogens (tertiary/aromatic N) is 1. The predicted octanol–water partition coefficient (Wildman–Crippen LogP) is 2.50. The number of carbonyl (C=O) groups excluding carboxylic acids is 2. The van der Waals surface area contributed by atoms with E-state index in [0.717, 1.165) is 51.0 Å². The molecule has 2 saturated heterocycles. The van der Waals surface area contributed by atoms with Gasteiger partial charge in [0, 0.05) is 31.0 Å². The summed E-state index contributed by atoms with van der Waals surface area (Å²) in [5.74, 6) is 1.23. The van der Waals surface area contributed by atoms with Gasteiger partial charge in [-0.1, -0.05) is 30.3 Å². The number of amides is 1. The maximum atomic E-state index is 12.5. The molecule has 2 aliphatic rings. The van der Waals surface area contributed by atoms with E-state index < -0.39 is 0 Å². The van der Waals surface area contributed by atoms with E-state index >= 15 is 0 Å². The summed E-state index contributed by atoms with van der Waals surface area (Å²) in [6.07, 6.45) is 4.44. The number of benzene rings is 1. The third-order valence-corrected chi connectivity index (χ3v) is 5.21. The Morgan fingerprint density at radius 3 is 2.48 bits per heavy atom. The number of likely N-dealkylation sites (tertiary alicyclic amines) is 1. The molecule has 124 valence electrons. The molecule has 0 aromatic heterocycles. The number of hydrogen-bond acceptors (Lipinski definition) is 3. The molecule has 1 aromatic rings. The monoisotopic (exact) mass is 314 g/mol. The highest BCUT2D eigenvalue weighted by Crippen LogP contribution is 2.23. The Labute approximate surface area is 138 Å². The quantitative estimate of drug-likeness (QED) is 0.850. The van der Waals surface area contributed by atoms with E-state index in [1.807, 2.05) is 35.2 Å². The van der Waals surface area contributed by atoms with E-state index in [9.17, 15) is 9.59 Å². The van der Waals surface area contributed by atoms with Crippen molar-refractivity contribution in [3.63, 3.8) is 0 Å². The van der Waals surface area contributed by atoms with E-state index in [1.54, 1.807) is 0 Å². The highest BCUT2D eigenvalue weighted by Gasteiger charge is 2.28. The van der Waals surface area contributed by atoms with Crippen molar-refractivity contribution in [1.82, 2.24) is 10.2 Å². The van der Waals surface area contributed by atoms with Crippen LogP contribution in [0.3, 0.4) is 0 Å². The van der Waals surface area contributed by atoms with Crippen molar-refractivity contribution >= 4 is 11.7 Å². The van der Waals surface area contributed by atoms with Crippen LogP contribution in [0.5, 0.6) is 0 Å². The van der Waals surface area contributed by atoms with Gasteiger partial charge in [0.15, 0.2) is 5.78 Å². The van der Waals surface area contributed by atoms with E-state index in [4.69, 9.17) is 0 Å². The molecule has 4 nitrogen and oxygen atoms in total. The average molecular weight is 314 g/mol. The van der Waals surface area contributed by atoms with Gasteiger partial charge < -0.3 is 10.2 Å². The van der Waals surface area contributed by atoms with Gasteiger partial charge in [0.05, 0.1) is 0 Å². The molecule has 0 aliphatic carbocycles. The molecule has 0 saturated carbocycles. The summed E-state index contributed by atoms with van der Waals surface area (Å²) >= 11 is 0. The first kappa shape index (κ1) is 16.2. The van der Waals surface area contributed by atoms with Crippen LogP contribution in [-0.4, -0.2) is 42.8 Å². The Bertz CT molecular complexity index is 530.